The van der Waals surface area contributed by atoms with E-state index in [0.29, 0.717) is 16.8 Å². The number of benzene rings is 1. The quantitative estimate of drug-likeness (QED) is 0.911. The molecule has 1 aliphatic rings. The fourth-order valence-corrected chi connectivity index (χ4v) is 3.50. The van der Waals surface area contributed by atoms with Gasteiger partial charge in [-0.25, -0.2) is 9.78 Å². The van der Waals surface area contributed by atoms with Crippen LogP contribution in [-0.4, -0.2) is 28.3 Å². The summed E-state index contributed by atoms with van der Waals surface area (Å²) < 4.78 is 0. The molecule has 3 rings (SSSR count). The van der Waals surface area contributed by atoms with Crippen molar-refractivity contribution in [2.24, 2.45) is 11.7 Å². The Hall–Kier alpha value is -2.14. The molecule has 1 fully saturated rings. The molecule has 1 aliphatic heterocycles. The first-order valence-corrected chi connectivity index (χ1v) is 7.64. The summed E-state index contributed by atoms with van der Waals surface area (Å²) in [6.07, 6.45) is 2.10. The molecule has 3 N–H and O–H groups in total. The van der Waals surface area contributed by atoms with Gasteiger partial charge in [-0.2, -0.15) is 0 Å². The highest BCUT2D eigenvalue weighted by Gasteiger charge is 2.41. The van der Waals surface area contributed by atoms with Crippen molar-refractivity contribution in [2.45, 2.75) is 32.4 Å². The van der Waals surface area contributed by atoms with Crippen LogP contribution < -0.4 is 10.6 Å². The molecule has 2 heterocycles. The fraction of sp³-hybridized carbons (Fsp3) is 0.412. The van der Waals surface area contributed by atoms with Gasteiger partial charge in [-0.05, 0) is 49.9 Å². The molecular weight excluding hydrogens is 278 g/mol. The Morgan fingerprint density at radius 1 is 1.45 bits per heavy atom. The zero-order valence-electron chi connectivity index (χ0n) is 12.9. The van der Waals surface area contributed by atoms with Crippen LogP contribution in [0.15, 0.2) is 30.3 Å². The summed E-state index contributed by atoms with van der Waals surface area (Å²) >= 11 is 0. The molecule has 0 aliphatic carbocycles. The lowest BCUT2D eigenvalue weighted by molar-refractivity contribution is 0.0699. The van der Waals surface area contributed by atoms with Crippen LogP contribution in [0.2, 0.25) is 0 Å². The number of nitrogens with zero attached hydrogens (tertiary/aromatic N) is 2. The Morgan fingerprint density at radius 2 is 2.23 bits per heavy atom. The SMILES string of the molecule is CCC1CCN(c2ccc3c(C(=O)O)cccc3n2)C1(C)N. The Morgan fingerprint density at radius 3 is 2.86 bits per heavy atom. The van der Waals surface area contributed by atoms with Crippen molar-refractivity contribution in [3.8, 4) is 0 Å². The molecule has 0 spiro atoms. The maximum absolute atomic E-state index is 11.3. The van der Waals surface area contributed by atoms with Crippen molar-refractivity contribution in [2.75, 3.05) is 11.4 Å². The second-order valence-corrected chi connectivity index (χ2v) is 6.12. The number of fused-ring (bicyclic) bond motifs is 1. The molecule has 1 aromatic heterocycles. The molecule has 1 aromatic carbocycles. The minimum atomic E-state index is -0.934. The Kier molecular flexibility index (Phi) is 3.53. The number of carboxylic acids is 1. The molecule has 5 nitrogen and oxygen atoms in total. The Balaban J connectivity index is 2.05. The van der Waals surface area contributed by atoms with Gasteiger partial charge in [0.05, 0.1) is 16.7 Å². The molecule has 5 heteroatoms. The number of aromatic nitrogens is 1. The van der Waals surface area contributed by atoms with Gasteiger partial charge in [0.25, 0.3) is 0 Å². The molecule has 2 atom stereocenters. The van der Waals surface area contributed by atoms with Crippen molar-refractivity contribution >= 4 is 22.7 Å². The zero-order valence-corrected chi connectivity index (χ0v) is 12.9. The Bertz CT molecular complexity index is 727. The maximum atomic E-state index is 11.3. The van der Waals surface area contributed by atoms with Crippen LogP contribution in [0.3, 0.4) is 0 Å². The fourth-order valence-electron chi connectivity index (χ4n) is 3.50. The summed E-state index contributed by atoms with van der Waals surface area (Å²) in [6.45, 7) is 5.09. The lowest BCUT2D eigenvalue weighted by atomic mass is 9.93. The number of rotatable bonds is 3. The van der Waals surface area contributed by atoms with Gasteiger partial charge in [-0.1, -0.05) is 13.0 Å². The third-order valence-corrected chi connectivity index (χ3v) is 4.83. The van der Waals surface area contributed by atoms with Crippen LogP contribution in [0, 0.1) is 5.92 Å². The van der Waals surface area contributed by atoms with Gasteiger partial charge in [0.2, 0.25) is 0 Å². The smallest absolute Gasteiger partial charge is 0.336 e. The number of anilines is 1. The summed E-state index contributed by atoms with van der Waals surface area (Å²) in [4.78, 5) is 18.1. The maximum Gasteiger partial charge on any atom is 0.336 e. The van der Waals surface area contributed by atoms with Crippen molar-refractivity contribution in [3.05, 3.63) is 35.9 Å². The van der Waals surface area contributed by atoms with Crippen LogP contribution in [-0.2, 0) is 0 Å². The number of carbonyl (C=O) groups is 1. The highest BCUT2D eigenvalue weighted by Crippen LogP contribution is 2.36. The standard InChI is InChI=1S/C17H21N3O2/c1-3-11-9-10-20(17(11,2)18)15-8-7-12-13(16(21)22)5-4-6-14(12)19-15/h4-8,11H,3,9-10,18H2,1-2H3,(H,21,22). The lowest BCUT2D eigenvalue weighted by Crippen LogP contribution is -2.53. The molecule has 0 amide bonds. The molecule has 0 saturated carbocycles. The number of nitrogens with two attached hydrogens (primary N) is 1. The summed E-state index contributed by atoms with van der Waals surface area (Å²) in [5.41, 5.74) is 7.07. The molecule has 22 heavy (non-hydrogen) atoms. The van der Waals surface area contributed by atoms with Gasteiger partial charge in [0.1, 0.15) is 5.82 Å². The van der Waals surface area contributed by atoms with Gasteiger partial charge in [-0.3, -0.25) is 0 Å². The first-order valence-electron chi connectivity index (χ1n) is 7.64. The summed E-state index contributed by atoms with van der Waals surface area (Å²) in [5, 5.41) is 9.91. The molecule has 0 bridgehead atoms. The minimum Gasteiger partial charge on any atom is -0.478 e. The predicted octanol–water partition coefficient (Wildman–Crippen LogP) is 2.84. The van der Waals surface area contributed by atoms with E-state index >= 15 is 0 Å². The van der Waals surface area contributed by atoms with Crippen LogP contribution in [0.5, 0.6) is 0 Å². The number of hydrogen-bond acceptors (Lipinski definition) is 4. The van der Waals surface area contributed by atoms with E-state index in [1.165, 1.54) is 0 Å². The number of pyridine rings is 1. The van der Waals surface area contributed by atoms with Crippen molar-refractivity contribution in [1.82, 2.24) is 4.98 Å². The van der Waals surface area contributed by atoms with E-state index in [0.717, 1.165) is 25.2 Å². The lowest BCUT2D eigenvalue weighted by Gasteiger charge is -2.36. The van der Waals surface area contributed by atoms with E-state index in [2.05, 4.69) is 16.8 Å². The average molecular weight is 299 g/mol. The van der Waals surface area contributed by atoms with Crippen molar-refractivity contribution in [1.29, 1.82) is 0 Å². The highest BCUT2D eigenvalue weighted by molar-refractivity contribution is 6.02. The van der Waals surface area contributed by atoms with E-state index < -0.39 is 11.6 Å². The number of carboxylic acid groups (broad SMARTS) is 1. The zero-order chi connectivity index (χ0) is 15.9. The Labute approximate surface area is 129 Å². The normalized spacial score (nSPS) is 24.9. The first-order chi connectivity index (χ1) is 10.4. The van der Waals surface area contributed by atoms with Gasteiger partial charge in [0.15, 0.2) is 0 Å². The number of hydrogen-bond donors (Lipinski definition) is 2. The van der Waals surface area contributed by atoms with Gasteiger partial charge >= 0.3 is 5.97 Å². The van der Waals surface area contributed by atoms with E-state index in [4.69, 9.17) is 5.73 Å². The van der Waals surface area contributed by atoms with Crippen LogP contribution in [0.1, 0.15) is 37.0 Å². The summed E-state index contributed by atoms with van der Waals surface area (Å²) in [7, 11) is 0. The third-order valence-electron chi connectivity index (χ3n) is 4.83. The van der Waals surface area contributed by atoms with Crippen LogP contribution in [0.25, 0.3) is 10.9 Å². The monoisotopic (exact) mass is 299 g/mol. The van der Waals surface area contributed by atoms with E-state index in [-0.39, 0.29) is 5.56 Å². The molecule has 2 unspecified atom stereocenters. The first kappa shape index (κ1) is 14.8. The van der Waals surface area contributed by atoms with Crippen LogP contribution in [0.4, 0.5) is 5.82 Å². The number of aromatic carboxylic acids is 1. The topological polar surface area (TPSA) is 79.5 Å². The molecule has 116 valence electrons. The molecule has 0 radical (unpaired) electrons. The van der Waals surface area contributed by atoms with Crippen molar-refractivity contribution in [3.63, 3.8) is 0 Å². The molecular formula is C17H21N3O2. The van der Waals surface area contributed by atoms with E-state index in [1.807, 2.05) is 25.1 Å². The second-order valence-electron chi connectivity index (χ2n) is 6.12. The summed E-state index contributed by atoms with van der Waals surface area (Å²) in [5.74, 6) is 0.322. The van der Waals surface area contributed by atoms with Crippen molar-refractivity contribution < 1.29 is 9.90 Å². The largest absolute Gasteiger partial charge is 0.478 e. The minimum absolute atomic E-state index is 0.278. The van der Waals surface area contributed by atoms with E-state index in [1.54, 1.807) is 12.1 Å². The molecule has 2 aromatic rings. The van der Waals surface area contributed by atoms with Gasteiger partial charge in [-0.15, -0.1) is 0 Å². The highest BCUT2D eigenvalue weighted by atomic mass is 16.4. The average Bonchev–Trinajstić information content (AvgIpc) is 2.80. The van der Waals surface area contributed by atoms with Crippen LogP contribution >= 0.6 is 0 Å². The third kappa shape index (κ3) is 2.22. The van der Waals surface area contributed by atoms with E-state index in [9.17, 15) is 9.90 Å². The second kappa shape index (κ2) is 5.25. The van der Waals surface area contributed by atoms with Gasteiger partial charge in [0, 0.05) is 11.9 Å². The molecule has 1 saturated heterocycles. The summed E-state index contributed by atoms with van der Waals surface area (Å²) in [6, 6.07) is 8.87. The predicted molar refractivity (Wildman–Crippen MR) is 87.0 cm³/mol. The van der Waals surface area contributed by atoms with Gasteiger partial charge < -0.3 is 15.7 Å².